The first kappa shape index (κ1) is 24.5. The van der Waals surface area contributed by atoms with E-state index in [0.29, 0.717) is 24.7 Å². The summed E-state index contributed by atoms with van der Waals surface area (Å²) in [4.78, 5) is 23.2. The SMILES string of the molecule is CC(C)CC1(COc2ccc(CC3SC(=O)NC3=O)cc2)CCc2cc(O)c(C(C)C)cc2O1. The summed E-state index contributed by atoms with van der Waals surface area (Å²) in [6.07, 6.45) is 3.02. The zero-order valence-electron chi connectivity index (χ0n) is 20.2. The van der Waals surface area contributed by atoms with Crippen LogP contribution < -0.4 is 14.8 Å². The van der Waals surface area contributed by atoms with Gasteiger partial charge >= 0.3 is 0 Å². The van der Waals surface area contributed by atoms with Gasteiger partial charge < -0.3 is 14.6 Å². The van der Waals surface area contributed by atoms with E-state index in [1.54, 1.807) is 0 Å². The number of imide groups is 1. The van der Waals surface area contributed by atoms with Gasteiger partial charge in [-0.2, -0.15) is 0 Å². The zero-order chi connectivity index (χ0) is 24.5. The van der Waals surface area contributed by atoms with E-state index >= 15 is 0 Å². The van der Waals surface area contributed by atoms with Crippen LogP contribution in [0.25, 0.3) is 0 Å². The molecule has 1 fully saturated rings. The third-order valence-corrected chi connectivity index (χ3v) is 7.38. The molecular formula is C27H33NO5S. The molecule has 0 radical (unpaired) electrons. The van der Waals surface area contributed by atoms with Crippen LogP contribution in [-0.4, -0.2) is 33.7 Å². The number of hydrogen-bond acceptors (Lipinski definition) is 6. The maximum absolute atomic E-state index is 11.8. The first-order valence-corrected chi connectivity index (χ1v) is 12.8. The Balaban J connectivity index is 1.45. The fourth-order valence-electron chi connectivity index (χ4n) is 4.75. The van der Waals surface area contributed by atoms with Crippen molar-refractivity contribution in [2.75, 3.05) is 6.61 Å². The van der Waals surface area contributed by atoms with Crippen molar-refractivity contribution in [2.45, 2.75) is 70.1 Å². The maximum Gasteiger partial charge on any atom is 0.286 e. The number of rotatable bonds is 8. The van der Waals surface area contributed by atoms with Crippen LogP contribution in [0.15, 0.2) is 36.4 Å². The first-order valence-electron chi connectivity index (χ1n) is 11.9. The molecule has 2 amide bonds. The molecule has 34 heavy (non-hydrogen) atoms. The number of benzene rings is 2. The fourth-order valence-corrected chi connectivity index (χ4v) is 5.61. The first-order chi connectivity index (χ1) is 16.1. The van der Waals surface area contributed by atoms with Crippen LogP contribution in [-0.2, 0) is 17.6 Å². The lowest BCUT2D eigenvalue weighted by Crippen LogP contribution is -2.46. The van der Waals surface area contributed by atoms with E-state index in [2.05, 4.69) is 33.0 Å². The van der Waals surface area contributed by atoms with Crippen molar-refractivity contribution in [1.82, 2.24) is 5.32 Å². The molecule has 0 spiro atoms. The van der Waals surface area contributed by atoms with Crippen molar-refractivity contribution in [3.8, 4) is 17.2 Å². The molecule has 0 bridgehead atoms. The number of carbonyl (C=O) groups excluding carboxylic acids is 2. The predicted octanol–water partition coefficient (Wildman–Crippen LogP) is 5.60. The summed E-state index contributed by atoms with van der Waals surface area (Å²) < 4.78 is 12.8. The summed E-state index contributed by atoms with van der Waals surface area (Å²) >= 11 is 1.04. The lowest BCUT2D eigenvalue weighted by molar-refractivity contribution is -0.118. The predicted molar refractivity (Wildman–Crippen MR) is 134 cm³/mol. The average Bonchev–Trinajstić information content (AvgIpc) is 3.09. The molecule has 6 nitrogen and oxygen atoms in total. The number of amides is 2. The molecule has 2 heterocycles. The number of fused-ring (bicyclic) bond motifs is 1. The molecule has 2 N–H and O–H groups in total. The standard InChI is InChI=1S/C27H33NO5S/c1-16(2)14-27(10-9-19-12-22(29)21(17(3)4)13-23(19)33-27)15-32-20-7-5-18(6-8-20)11-24-25(30)28-26(31)34-24/h5-8,12-13,16-17,24,29H,9-11,14-15H2,1-4H3,(H,28,30,31). The number of ether oxygens (including phenoxy) is 2. The van der Waals surface area contributed by atoms with Gasteiger partial charge in [-0.05, 0) is 72.9 Å². The average molecular weight is 484 g/mol. The van der Waals surface area contributed by atoms with Crippen molar-refractivity contribution >= 4 is 22.9 Å². The second kappa shape index (κ2) is 9.90. The van der Waals surface area contributed by atoms with Gasteiger partial charge in [0.05, 0.1) is 5.25 Å². The Morgan fingerprint density at radius 3 is 2.53 bits per heavy atom. The molecule has 2 aromatic carbocycles. The minimum Gasteiger partial charge on any atom is -0.508 e. The van der Waals surface area contributed by atoms with E-state index in [0.717, 1.165) is 59.2 Å². The van der Waals surface area contributed by atoms with E-state index in [1.807, 2.05) is 36.4 Å². The van der Waals surface area contributed by atoms with E-state index in [9.17, 15) is 14.7 Å². The molecule has 0 aromatic heterocycles. The summed E-state index contributed by atoms with van der Waals surface area (Å²) in [5, 5.41) is 12.1. The van der Waals surface area contributed by atoms with Crippen LogP contribution in [0.5, 0.6) is 17.2 Å². The summed E-state index contributed by atoms with van der Waals surface area (Å²) in [6.45, 7) is 8.93. The van der Waals surface area contributed by atoms with E-state index in [-0.39, 0.29) is 22.3 Å². The molecule has 2 aromatic rings. The molecule has 2 atom stereocenters. The molecule has 1 saturated heterocycles. The number of aryl methyl sites for hydroxylation is 1. The third kappa shape index (κ3) is 5.52. The number of aromatic hydroxyl groups is 1. The van der Waals surface area contributed by atoms with Crippen molar-refractivity contribution in [2.24, 2.45) is 5.92 Å². The van der Waals surface area contributed by atoms with Gasteiger partial charge in [0.15, 0.2) is 0 Å². The van der Waals surface area contributed by atoms with Crippen molar-refractivity contribution in [3.05, 3.63) is 53.1 Å². The van der Waals surface area contributed by atoms with Gasteiger partial charge in [-0.3, -0.25) is 14.9 Å². The molecule has 2 aliphatic heterocycles. The highest BCUT2D eigenvalue weighted by Crippen LogP contribution is 2.41. The second-order valence-corrected chi connectivity index (χ2v) is 11.3. The van der Waals surface area contributed by atoms with Crippen molar-refractivity contribution < 1.29 is 24.2 Å². The van der Waals surface area contributed by atoms with Gasteiger partial charge in [-0.1, -0.05) is 51.6 Å². The van der Waals surface area contributed by atoms with E-state index in [1.165, 1.54) is 0 Å². The highest BCUT2D eigenvalue weighted by molar-refractivity contribution is 8.15. The molecule has 2 unspecified atom stereocenters. The van der Waals surface area contributed by atoms with Crippen LogP contribution in [0.3, 0.4) is 0 Å². The highest BCUT2D eigenvalue weighted by Gasteiger charge is 2.38. The Labute approximate surface area is 205 Å². The van der Waals surface area contributed by atoms with Gasteiger partial charge in [-0.25, -0.2) is 0 Å². The van der Waals surface area contributed by atoms with Gasteiger partial charge in [-0.15, -0.1) is 0 Å². The van der Waals surface area contributed by atoms with E-state index in [4.69, 9.17) is 9.47 Å². The Bertz CT molecular complexity index is 1070. The molecule has 7 heteroatoms. The Morgan fingerprint density at radius 2 is 1.91 bits per heavy atom. The Kier molecular flexibility index (Phi) is 7.12. The fraction of sp³-hybridized carbons (Fsp3) is 0.481. The summed E-state index contributed by atoms with van der Waals surface area (Å²) in [7, 11) is 0. The van der Waals surface area contributed by atoms with Gasteiger partial charge in [0.2, 0.25) is 5.91 Å². The lowest BCUT2D eigenvalue weighted by atomic mass is 9.84. The lowest BCUT2D eigenvalue weighted by Gasteiger charge is -2.40. The molecule has 182 valence electrons. The maximum atomic E-state index is 11.8. The quantitative estimate of drug-likeness (QED) is 0.509. The van der Waals surface area contributed by atoms with Crippen LogP contribution in [0.4, 0.5) is 4.79 Å². The highest BCUT2D eigenvalue weighted by atomic mass is 32.2. The molecule has 0 aliphatic carbocycles. The topological polar surface area (TPSA) is 84.9 Å². The number of phenols is 1. The minimum absolute atomic E-state index is 0.205. The number of thioether (sulfide) groups is 1. The van der Waals surface area contributed by atoms with Crippen molar-refractivity contribution in [3.63, 3.8) is 0 Å². The van der Waals surface area contributed by atoms with E-state index < -0.39 is 5.60 Å². The zero-order valence-corrected chi connectivity index (χ0v) is 21.0. The van der Waals surface area contributed by atoms with Crippen LogP contribution in [0, 0.1) is 5.92 Å². The normalized spacial score (nSPS) is 22.0. The second-order valence-electron chi connectivity index (χ2n) is 10.1. The molecule has 2 aliphatic rings. The summed E-state index contributed by atoms with van der Waals surface area (Å²) in [5.74, 6) is 2.34. The number of carbonyl (C=O) groups is 2. The number of phenolic OH excluding ortho intramolecular Hbond substituents is 1. The van der Waals surface area contributed by atoms with Crippen molar-refractivity contribution in [1.29, 1.82) is 0 Å². The summed E-state index contributed by atoms with van der Waals surface area (Å²) in [5.41, 5.74) is 2.48. The van der Waals surface area contributed by atoms with Crippen LogP contribution in [0.1, 0.15) is 63.1 Å². The third-order valence-electron chi connectivity index (χ3n) is 6.40. The smallest absolute Gasteiger partial charge is 0.286 e. The monoisotopic (exact) mass is 483 g/mol. The molecule has 0 saturated carbocycles. The van der Waals surface area contributed by atoms with Crippen LogP contribution >= 0.6 is 11.8 Å². The van der Waals surface area contributed by atoms with Gasteiger partial charge in [0.25, 0.3) is 5.24 Å². The Hall–Kier alpha value is -2.67. The largest absolute Gasteiger partial charge is 0.508 e. The Morgan fingerprint density at radius 1 is 1.18 bits per heavy atom. The molecule has 4 rings (SSSR count). The number of nitrogens with one attached hydrogen (secondary N) is 1. The van der Waals surface area contributed by atoms with Gasteiger partial charge in [0, 0.05) is 5.56 Å². The van der Waals surface area contributed by atoms with Crippen LogP contribution in [0.2, 0.25) is 0 Å². The summed E-state index contributed by atoms with van der Waals surface area (Å²) in [6, 6.07) is 11.5. The minimum atomic E-state index is -0.440. The number of hydrogen-bond donors (Lipinski definition) is 2. The van der Waals surface area contributed by atoms with Gasteiger partial charge in [0.1, 0.15) is 29.5 Å². The molecular weight excluding hydrogens is 450 g/mol.